The van der Waals surface area contributed by atoms with E-state index in [0.29, 0.717) is 24.1 Å². The van der Waals surface area contributed by atoms with E-state index in [-0.39, 0.29) is 49.5 Å². The van der Waals surface area contributed by atoms with Crippen LogP contribution in [0.5, 0.6) is 0 Å². The van der Waals surface area contributed by atoms with Gasteiger partial charge in [0.2, 0.25) is 5.91 Å². The van der Waals surface area contributed by atoms with Crippen LogP contribution in [0.25, 0.3) is 0 Å². The number of carbonyl (C=O) groups excluding carboxylic acids is 2. The zero-order chi connectivity index (χ0) is 21.3. The number of halogens is 1. The molecule has 160 valence electrons. The lowest BCUT2D eigenvalue weighted by molar-refractivity contribution is -0.130. The van der Waals surface area contributed by atoms with Crippen LogP contribution >= 0.6 is 0 Å². The Morgan fingerprint density at radius 2 is 1.90 bits per heavy atom. The van der Waals surface area contributed by atoms with Crippen molar-refractivity contribution in [3.63, 3.8) is 0 Å². The lowest BCUT2D eigenvalue weighted by Gasteiger charge is -2.35. The first-order chi connectivity index (χ1) is 14.5. The maximum atomic E-state index is 13.2. The molecular weight excluding hydrogens is 389 g/mol. The molecule has 1 aliphatic rings. The number of nitrogens with one attached hydrogen (secondary N) is 3. The number of rotatable bonds is 7. The lowest BCUT2D eigenvalue weighted by Crippen LogP contribution is -2.52. The van der Waals surface area contributed by atoms with Crippen LogP contribution in [0.2, 0.25) is 0 Å². The van der Waals surface area contributed by atoms with Gasteiger partial charge in [-0.1, -0.05) is 30.3 Å². The van der Waals surface area contributed by atoms with E-state index in [1.54, 1.807) is 24.3 Å². The van der Waals surface area contributed by atoms with Crippen LogP contribution in [0.3, 0.4) is 0 Å². The molecule has 8 heteroatoms. The molecular formula is C22H26FN3O4. The fraction of sp³-hybridized carbons (Fsp3) is 0.364. The average Bonchev–Trinajstić information content (AvgIpc) is 2.74. The van der Waals surface area contributed by atoms with Crippen molar-refractivity contribution in [2.75, 3.05) is 11.9 Å². The van der Waals surface area contributed by atoms with Crippen LogP contribution in [0, 0.1) is 5.82 Å². The highest BCUT2D eigenvalue weighted by Gasteiger charge is 2.32. The number of benzene rings is 2. The highest BCUT2D eigenvalue weighted by molar-refractivity contribution is 5.89. The fourth-order valence-corrected chi connectivity index (χ4v) is 3.43. The Balaban J connectivity index is 1.44. The van der Waals surface area contributed by atoms with Crippen LogP contribution in [-0.4, -0.2) is 41.9 Å². The highest BCUT2D eigenvalue weighted by Crippen LogP contribution is 2.22. The molecule has 0 bridgehead atoms. The van der Waals surface area contributed by atoms with Crippen LogP contribution in [0.1, 0.15) is 24.8 Å². The topological polar surface area (TPSA) is 99.7 Å². The number of para-hydroxylation sites is 1. The predicted molar refractivity (Wildman–Crippen MR) is 110 cm³/mol. The normalized spacial score (nSPS) is 20.9. The average molecular weight is 415 g/mol. The second-order valence-corrected chi connectivity index (χ2v) is 7.24. The molecule has 0 aromatic heterocycles. The van der Waals surface area contributed by atoms with Gasteiger partial charge in [0.25, 0.3) is 0 Å². The van der Waals surface area contributed by atoms with Crippen molar-refractivity contribution in [2.45, 2.75) is 44.1 Å². The molecule has 3 rings (SSSR count). The zero-order valence-electron chi connectivity index (χ0n) is 16.5. The molecule has 1 saturated heterocycles. The molecule has 1 heterocycles. The number of urea groups is 1. The Labute approximate surface area is 174 Å². The second kappa shape index (κ2) is 10.7. The Hall–Kier alpha value is -2.97. The SMILES string of the molecule is O=C(C[C@H]1CC[C@H](NC(=O)Nc2ccccc2)[C@H](CO)O1)NCc1cccc(F)c1. The van der Waals surface area contributed by atoms with E-state index < -0.39 is 6.10 Å². The number of carbonyl (C=O) groups is 2. The Morgan fingerprint density at radius 3 is 2.63 bits per heavy atom. The molecule has 30 heavy (non-hydrogen) atoms. The maximum Gasteiger partial charge on any atom is 0.319 e. The third-order valence-corrected chi connectivity index (χ3v) is 4.94. The third kappa shape index (κ3) is 6.53. The molecule has 2 aromatic rings. The first-order valence-corrected chi connectivity index (χ1v) is 9.93. The van der Waals surface area contributed by atoms with Crippen molar-refractivity contribution in [2.24, 2.45) is 0 Å². The first kappa shape index (κ1) is 21.7. The standard InChI is InChI=1S/C22H26FN3O4/c23-16-6-4-5-15(11-16)13-24-21(28)12-18-9-10-19(20(14-27)30-18)26-22(29)25-17-7-2-1-3-8-17/h1-8,11,18-20,27H,9-10,12-14H2,(H,24,28)(H2,25,26,29)/t18-,19+,20+/m1/s1. The van der Waals surface area contributed by atoms with Crippen molar-refractivity contribution < 1.29 is 23.8 Å². The highest BCUT2D eigenvalue weighted by atomic mass is 19.1. The van der Waals surface area contributed by atoms with E-state index >= 15 is 0 Å². The summed E-state index contributed by atoms with van der Waals surface area (Å²) in [6, 6.07) is 14.4. The zero-order valence-corrected chi connectivity index (χ0v) is 16.5. The summed E-state index contributed by atoms with van der Waals surface area (Å²) in [7, 11) is 0. The summed E-state index contributed by atoms with van der Waals surface area (Å²) in [6.45, 7) is -0.0335. The molecule has 0 radical (unpaired) electrons. The summed E-state index contributed by atoms with van der Waals surface area (Å²) in [5.41, 5.74) is 1.34. The fourth-order valence-electron chi connectivity index (χ4n) is 3.43. The molecule has 1 aliphatic heterocycles. The second-order valence-electron chi connectivity index (χ2n) is 7.24. The van der Waals surface area contributed by atoms with Crippen LogP contribution in [-0.2, 0) is 16.1 Å². The molecule has 0 spiro atoms. The smallest absolute Gasteiger partial charge is 0.319 e. The third-order valence-electron chi connectivity index (χ3n) is 4.94. The van der Waals surface area contributed by atoms with Gasteiger partial charge < -0.3 is 25.8 Å². The molecule has 7 nitrogen and oxygen atoms in total. The van der Waals surface area contributed by atoms with E-state index in [1.165, 1.54) is 12.1 Å². The monoisotopic (exact) mass is 415 g/mol. The molecule has 0 saturated carbocycles. The van der Waals surface area contributed by atoms with Gasteiger partial charge in [-0.3, -0.25) is 4.79 Å². The minimum absolute atomic E-state index is 0.134. The number of aliphatic hydroxyl groups excluding tert-OH is 1. The van der Waals surface area contributed by atoms with Gasteiger partial charge in [-0.15, -0.1) is 0 Å². The Bertz CT molecular complexity index is 849. The number of hydrogen-bond donors (Lipinski definition) is 4. The van der Waals surface area contributed by atoms with Crippen LogP contribution in [0.4, 0.5) is 14.9 Å². The van der Waals surface area contributed by atoms with Gasteiger partial charge >= 0.3 is 6.03 Å². The van der Waals surface area contributed by atoms with E-state index in [2.05, 4.69) is 16.0 Å². The minimum atomic E-state index is -0.596. The molecule has 1 fully saturated rings. The minimum Gasteiger partial charge on any atom is -0.394 e. The summed E-state index contributed by atoms with van der Waals surface area (Å²) in [5.74, 6) is -0.563. The Kier molecular flexibility index (Phi) is 7.75. The predicted octanol–water partition coefficient (Wildman–Crippen LogP) is 2.56. The summed E-state index contributed by atoms with van der Waals surface area (Å²) < 4.78 is 19.0. The van der Waals surface area contributed by atoms with Gasteiger partial charge in [0, 0.05) is 12.2 Å². The van der Waals surface area contributed by atoms with Gasteiger partial charge in [0.1, 0.15) is 11.9 Å². The molecule has 3 amide bonds. The summed E-state index contributed by atoms with van der Waals surface area (Å²) >= 11 is 0. The first-order valence-electron chi connectivity index (χ1n) is 9.93. The van der Waals surface area contributed by atoms with Crippen molar-refractivity contribution in [3.05, 3.63) is 66.0 Å². The van der Waals surface area contributed by atoms with Crippen molar-refractivity contribution >= 4 is 17.6 Å². The van der Waals surface area contributed by atoms with E-state index in [9.17, 15) is 19.1 Å². The number of aliphatic hydroxyl groups is 1. The largest absolute Gasteiger partial charge is 0.394 e. The summed E-state index contributed by atoms with van der Waals surface area (Å²) in [5, 5.41) is 18.0. The summed E-state index contributed by atoms with van der Waals surface area (Å²) in [6.07, 6.45) is 0.329. The van der Waals surface area contributed by atoms with Gasteiger partial charge in [-0.25, -0.2) is 9.18 Å². The van der Waals surface area contributed by atoms with E-state index in [0.717, 1.165) is 0 Å². The number of hydrogen-bond acceptors (Lipinski definition) is 4. The molecule has 0 unspecified atom stereocenters. The molecule has 0 aliphatic carbocycles. The number of ether oxygens (including phenoxy) is 1. The number of amides is 3. The Morgan fingerprint density at radius 1 is 1.10 bits per heavy atom. The van der Waals surface area contributed by atoms with Crippen molar-refractivity contribution in [1.82, 2.24) is 10.6 Å². The number of anilines is 1. The lowest BCUT2D eigenvalue weighted by atomic mass is 9.97. The van der Waals surface area contributed by atoms with Crippen molar-refractivity contribution in [3.8, 4) is 0 Å². The maximum absolute atomic E-state index is 13.2. The van der Waals surface area contributed by atoms with Gasteiger partial charge in [0.15, 0.2) is 0 Å². The van der Waals surface area contributed by atoms with E-state index in [1.807, 2.05) is 18.2 Å². The summed E-state index contributed by atoms with van der Waals surface area (Å²) in [4.78, 5) is 24.4. The molecule has 4 N–H and O–H groups in total. The van der Waals surface area contributed by atoms with Gasteiger partial charge in [-0.2, -0.15) is 0 Å². The quantitative estimate of drug-likeness (QED) is 0.558. The van der Waals surface area contributed by atoms with Gasteiger partial charge in [0.05, 0.1) is 25.2 Å². The van der Waals surface area contributed by atoms with Gasteiger partial charge in [-0.05, 0) is 42.7 Å². The van der Waals surface area contributed by atoms with Crippen molar-refractivity contribution in [1.29, 1.82) is 0 Å². The van der Waals surface area contributed by atoms with E-state index in [4.69, 9.17) is 4.74 Å². The molecule has 3 atom stereocenters. The molecule has 2 aromatic carbocycles. The van der Waals surface area contributed by atoms with Crippen LogP contribution < -0.4 is 16.0 Å². The van der Waals surface area contributed by atoms with Crippen LogP contribution in [0.15, 0.2) is 54.6 Å².